The maximum absolute atomic E-state index is 13.6. The van der Waals surface area contributed by atoms with Gasteiger partial charge in [0.1, 0.15) is 11.6 Å². The van der Waals surface area contributed by atoms with E-state index in [0.29, 0.717) is 17.7 Å². The van der Waals surface area contributed by atoms with Gasteiger partial charge in [-0.3, -0.25) is 0 Å². The van der Waals surface area contributed by atoms with Gasteiger partial charge in [0.05, 0.1) is 0 Å². The second-order valence-electron chi connectivity index (χ2n) is 4.01. The van der Waals surface area contributed by atoms with Crippen LogP contribution in [0.5, 0.6) is 5.75 Å². The molecule has 0 amide bonds. The molecule has 0 bridgehead atoms. The summed E-state index contributed by atoms with van der Waals surface area (Å²) >= 11 is 0. The van der Waals surface area contributed by atoms with E-state index in [0.717, 1.165) is 31.2 Å². The number of halogens is 1. The van der Waals surface area contributed by atoms with Gasteiger partial charge in [-0.05, 0) is 48.9 Å². The Kier molecular flexibility index (Phi) is 3.46. The van der Waals surface area contributed by atoms with Gasteiger partial charge in [0, 0.05) is 0 Å². The first-order chi connectivity index (χ1) is 7.68. The molecule has 3 nitrogen and oxygen atoms in total. The third kappa shape index (κ3) is 2.36. The summed E-state index contributed by atoms with van der Waals surface area (Å²) in [6.07, 6.45) is 4.44. The minimum atomic E-state index is -1.85. The van der Waals surface area contributed by atoms with Crippen LogP contribution < -0.4 is 4.65 Å². The third-order valence-electron chi connectivity index (χ3n) is 2.92. The van der Waals surface area contributed by atoms with Crippen molar-refractivity contribution in [2.24, 2.45) is 0 Å². The van der Waals surface area contributed by atoms with E-state index in [1.54, 1.807) is 0 Å². The van der Waals surface area contributed by atoms with Crippen molar-refractivity contribution in [3.63, 3.8) is 0 Å². The zero-order valence-electron chi connectivity index (χ0n) is 8.95. The van der Waals surface area contributed by atoms with E-state index in [-0.39, 0.29) is 5.82 Å². The molecule has 0 aliphatic heterocycles. The molecular weight excluding hydrogens is 210 g/mol. The predicted octanol–water partition coefficient (Wildman–Crippen LogP) is 1.44. The molecular formula is C11H14BFO3. The lowest BCUT2D eigenvalue weighted by molar-refractivity contribution is 0.286. The first-order valence-corrected chi connectivity index (χ1v) is 5.51. The van der Waals surface area contributed by atoms with Crippen molar-refractivity contribution in [1.29, 1.82) is 0 Å². The second kappa shape index (κ2) is 4.85. The zero-order chi connectivity index (χ0) is 11.5. The van der Waals surface area contributed by atoms with Gasteiger partial charge in [0.2, 0.25) is 0 Å². The van der Waals surface area contributed by atoms with Gasteiger partial charge < -0.3 is 14.7 Å². The van der Waals surface area contributed by atoms with Crippen LogP contribution in [0, 0.1) is 5.82 Å². The molecule has 0 unspecified atom stereocenters. The standard InChI is InChI=1S/C11H14BFO3/c13-10-6-7-11(16-12(14)15)9-5-3-1-2-4-8(9)10/h6-7,14-15H,1-5H2. The maximum Gasteiger partial charge on any atom is 0.707 e. The highest BCUT2D eigenvalue weighted by Gasteiger charge is 2.20. The van der Waals surface area contributed by atoms with E-state index in [1.165, 1.54) is 12.1 Å². The molecule has 1 aliphatic carbocycles. The van der Waals surface area contributed by atoms with E-state index < -0.39 is 7.32 Å². The topological polar surface area (TPSA) is 49.7 Å². The van der Waals surface area contributed by atoms with E-state index >= 15 is 0 Å². The predicted molar refractivity (Wildman–Crippen MR) is 58.5 cm³/mol. The van der Waals surface area contributed by atoms with Crippen molar-refractivity contribution in [3.05, 3.63) is 29.1 Å². The summed E-state index contributed by atoms with van der Waals surface area (Å²) in [4.78, 5) is 0. The number of rotatable bonds is 2. The Labute approximate surface area is 94.0 Å². The number of fused-ring (bicyclic) bond motifs is 1. The van der Waals surface area contributed by atoms with Crippen molar-refractivity contribution in [3.8, 4) is 5.75 Å². The molecule has 0 saturated carbocycles. The quantitative estimate of drug-likeness (QED) is 0.590. The molecule has 1 aliphatic rings. The molecule has 2 N–H and O–H groups in total. The van der Waals surface area contributed by atoms with E-state index in [2.05, 4.69) is 0 Å². The average Bonchev–Trinajstić information content (AvgIpc) is 2.47. The van der Waals surface area contributed by atoms with Crippen molar-refractivity contribution in [1.82, 2.24) is 0 Å². The summed E-state index contributed by atoms with van der Waals surface area (Å²) in [6.45, 7) is 0. The first kappa shape index (κ1) is 11.4. The third-order valence-corrected chi connectivity index (χ3v) is 2.92. The SMILES string of the molecule is OB(O)Oc1ccc(F)c2c1CCCCC2. The van der Waals surface area contributed by atoms with Crippen LogP contribution in [0.1, 0.15) is 30.4 Å². The fourth-order valence-corrected chi connectivity index (χ4v) is 2.19. The fraction of sp³-hybridized carbons (Fsp3) is 0.455. The lowest BCUT2D eigenvalue weighted by Crippen LogP contribution is -2.21. The highest BCUT2D eigenvalue weighted by atomic mass is 19.1. The molecule has 0 aromatic heterocycles. The smallest absolute Gasteiger partial charge is 0.512 e. The summed E-state index contributed by atoms with van der Waals surface area (Å²) < 4.78 is 18.5. The van der Waals surface area contributed by atoms with Crippen molar-refractivity contribution in [2.45, 2.75) is 32.1 Å². The van der Waals surface area contributed by atoms with Gasteiger partial charge in [-0.15, -0.1) is 0 Å². The van der Waals surface area contributed by atoms with E-state index in [1.807, 2.05) is 0 Å². The van der Waals surface area contributed by atoms with Crippen LogP contribution in [-0.4, -0.2) is 17.4 Å². The number of benzene rings is 1. The lowest BCUT2D eigenvalue weighted by atomic mass is 10.0. The summed E-state index contributed by atoms with van der Waals surface area (Å²) in [6, 6.07) is 2.78. The van der Waals surface area contributed by atoms with Gasteiger partial charge in [0.25, 0.3) is 0 Å². The Balaban J connectivity index is 2.39. The molecule has 1 aromatic carbocycles. The molecule has 0 spiro atoms. The number of hydrogen-bond acceptors (Lipinski definition) is 3. The van der Waals surface area contributed by atoms with Gasteiger partial charge in [-0.25, -0.2) is 4.39 Å². The molecule has 16 heavy (non-hydrogen) atoms. The zero-order valence-corrected chi connectivity index (χ0v) is 8.95. The van der Waals surface area contributed by atoms with Gasteiger partial charge in [-0.2, -0.15) is 0 Å². The average molecular weight is 224 g/mol. The summed E-state index contributed by atoms with van der Waals surface area (Å²) in [5.41, 5.74) is 1.45. The van der Waals surface area contributed by atoms with Crippen LogP contribution in [0.3, 0.4) is 0 Å². The highest BCUT2D eigenvalue weighted by molar-refractivity contribution is 6.33. The Morgan fingerprint density at radius 1 is 1.06 bits per heavy atom. The molecule has 1 aromatic rings. The Morgan fingerprint density at radius 2 is 1.75 bits per heavy atom. The Hall–Kier alpha value is -1.07. The maximum atomic E-state index is 13.6. The fourth-order valence-electron chi connectivity index (χ4n) is 2.19. The van der Waals surface area contributed by atoms with Crippen LogP contribution in [0.15, 0.2) is 12.1 Å². The molecule has 0 heterocycles. The van der Waals surface area contributed by atoms with Crippen LogP contribution in [0.2, 0.25) is 0 Å². The normalized spacial score (nSPS) is 15.2. The van der Waals surface area contributed by atoms with Crippen LogP contribution in [-0.2, 0) is 12.8 Å². The lowest BCUT2D eigenvalue weighted by Gasteiger charge is -2.14. The van der Waals surface area contributed by atoms with Crippen molar-refractivity contribution >= 4 is 7.32 Å². The Bertz CT molecular complexity index is 382. The molecule has 86 valence electrons. The molecule has 0 atom stereocenters. The molecule has 0 fully saturated rings. The van der Waals surface area contributed by atoms with Gasteiger partial charge >= 0.3 is 7.32 Å². The van der Waals surface area contributed by atoms with Crippen LogP contribution in [0.25, 0.3) is 0 Å². The molecule has 5 heteroatoms. The largest absolute Gasteiger partial charge is 0.707 e. The first-order valence-electron chi connectivity index (χ1n) is 5.51. The van der Waals surface area contributed by atoms with Gasteiger partial charge in [-0.1, -0.05) is 6.42 Å². The highest BCUT2D eigenvalue weighted by Crippen LogP contribution is 2.30. The minimum Gasteiger partial charge on any atom is -0.512 e. The van der Waals surface area contributed by atoms with Crippen molar-refractivity contribution < 1.29 is 19.1 Å². The van der Waals surface area contributed by atoms with E-state index in [9.17, 15) is 4.39 Å². The van der Waals surface area contributed by atoms with Crippen molar-refractivity contribution in [2.75, 3.05) is 0 Å². The minimum absolute atomic E-state index is 0.225. The summed E-state index contributed by atoms with van der Waals surface area (Å²) in [7, 11) is -1.85. The number of hydrogen-bond donors (Lipinski definition) is 2. The summed E-state index contributed by atoms with van der Waals surface area (Å²) in [5, 5.41) is 17.6. The monoisotopic (exact) mass is 224 g/mol. The van der Waals surface area contributed by atoms with Gasteiger partial charge in [0.15, 0.2) is 0 Å². The van der Waals surface area contributed by atoms with Crippen LogP contribution >= 0.6 is 0 Å². The molecule has 2 rings (SSSR count). The molecule has 0 radical (unpaired) electrons. The second-order valence-corrected chi connectivity index (χ2v) is 4.01. The molecule has 0 saturated heterocycles. The van der Waals surface area contributed by atoms with E-state index in [4.69, 9.17) is 14.7 Å². The Morgan fingerprint density at radius 3 is 2.44 bits per heavy atom. The van der Waals surface area contributed by atoms with Crippen LogP contribution in [0.4, 0.5) is 4.39 Å². The summed E-state index contributed by atoms with van der Waals surface area (Å²) in [5.74, 6) is 0.157.